The molecule has 2 heteroatoms. The molecule has 0 aromatic carbocycles. The quantitative estimate of drug-likeness (QED) is 0.676. The molecule has 0 radical (unpaired) electrons. The molecule has 0 bridgehead atoms. The summed E-state index contributed by atoms with van der Waals surface area (Å²) in [6, 6.07) is 5.10. The Balaban J connectivity index is 2.08. The SMILES string of the molecule is C[C@H]1C[C@@H](c2cccs2)CN1. The molecule has 0 saturated carbocycles. The summed E-state index contributed by atoms with van der Waals surface area (Å²) in [6.45, 7) is 3.43. The van der Waals surface area contributed by atoms with E-state index in [0.717, 1.165) is 5.92 Å². The van der Waals surface area contributed by atoms with Crippen LogP contribution in [0.3, 0.4) is 0 Å². The first-order valence-electron chi connectivity index (χ1n) is 4.13. The maximum absolute atomic E-state index is 3.46. The van der Waals surface area contributed by atoms with Gasteiger partial charge in [-0.1, -0.05) is 6.07 Å². The summed E-state index contributed by atoms with van der Waals surface area (Å²) in [5, 5.41) is 5.63. The van der Waals surface area contributed by atoms with Crippen LogP contribution in [0.2, 0.25) is 0 Å². The van der Waals surface area contributed by atoms with Crippen molar-refractivity contribution in [1.82, 2.24) is 5.32 Å². The van der Waals surface area contributed by atoms with Crippen LogP contribution in [0.5, 0.6) is 0 Å². The molecule has 1 saturated heterocycles. The molecule has 0 unspecified atom stereocenters. The Hall–Kier alpha value is -0.340. The van der Waals surface area contributed by atoms with Crippen molar-refractivity contribution >= 4 is 11.3 Å². The Bertz CT molecular complexity index is 217. The minimum atomic E-state index is 0.710. The van der Waals surface area contributed by atoms with Crippen LogP contribution in [0.25, 0.3) is 0 Å². The predicted molar refractivity (Wildman–Crippen MR) is 49.1 cm³/mol. The van der Waals surface area contributed by atoms with Crippen molar-refractivity contribution in [2.45, 2.75) is 25.3 Å². The van der Waals surface area contributed by atoms with E-state index < -0.39 is 0 Å². The number of hydrogen-bond acceptors (Lipinski definition) is 2. The van der Waals surface area contributed by atoms with Crippen molar-refractivity contribution in [1.29, 1.82) is 0 Å². The van der Waals surface area contributed by atoms with Crippen LogP contribution >= 0.6 is 11.3 Å². The van der Waals surface area contributed by atoms with Crippen LogP contribution in [-0.2, 0) is 0 Å². The van der Waals surface area contributed by atoms with E-state index in [1.807, 2.05) is 11.3 Å². The van der Waals surface area contributed by atoms with Gasteiger partial charge in [-0.3, -0.25) is 0 Å². The standard InChI is InChI=1S/C9H13NS/c1-7-5-8(6-10-7)9-3-2-4-11-9/h2-4,7-8,10H,5-6H2,1H3/t7-,8+/m0/s1. The second-order valence-corrected chi connectivity index (χ2v) is 4.24. The number of thiophene rings is 1. The van der Waals surface area contributed by atoms with E-state index in [1.165, 1.54) is 13.0 Å². The number of hydrogen-bond donors (Lipinski definition) is 1. The zero-order valence-corrected chi connectivity index (χ0v) is 7.53. The third-order valence-corrected chi connectivity index (χ3v) is 3.33. The predicted octanol–water partition coefficient (Wildman–Crippen LogP) is 2.21. The van der Waals surface area contributed by atoms with E-state index in [0.29, 0.717) is 6.04 Å². The molecule has 1 aromatic heterocycles. The first-order valence-corrected chi connectivity index (χ1v) is 5.01. The fourth-order valence-electron chi connectivity index (χ4n) is 1.68. The van der Waals surface area contributed by atoms with E-state index in [9.17, 15) is 0 Å². The fourth-order valence-corrected chi connectivity index (χ4v) is 2.52. The van der Waals surface area contributed by atoms with Gasteiger partial charge in [0.25, 0.3) is 0 Å². The van der Waals surface area contributed by atoms with Gasteiger partial charge in [-0.15, -0.1) is 11.3 Å². The van der Waals surface area contributed by atoms with E-state index in [-0.39, 0.29) is 0 Å². The van der Waals surface area contributed by atoms with Crippen molar-refractivity contribution in [2.24, 2.45) is 0 Å². The zero-order chi connectivity index (χ0) is 7.68. The third kappa shape index (κ3) is 1.47. The van der Waals surface area contributed by atoms with Gasteiger partial charge in [0.2, 0.25) is 0 Å². The number of rotatable bonds is 1. The molecule has 60 valence electrons. The molecule has 1 fully saturated rings. The highest BCUT2D eigenvalue weighted by atomic mass is 32.1. The van der Waals surface area contributed by atoms with Crippen LogP contribution in [-0.4, -0.2) is 12.6 Å². The molecule has 1 N–H and O–H groups in total. The zero-order valence-electron chi connectivity index (χ0n) is 6.71. The molecule has 1 aliphatic heterocycles. The molecule has 0 aliphatic carbocycles. The Morgan fingerprint density at radius 2 is 2.55 bits per heavy atom. The Morgan fingerprint density at radius 1 is 1.64 bits per heavy atom. The van der Waals surface area contributed by atoms with Crippen molar-refractivity contribution < 1.29 is 0 Å². The average molecular weight is 167 g/mol. The summed E-state index contributed by atoms with van der Waals surface area (Å²) >= 11 is 1.88. The lowest BCUT2D eigenvalue weighted by atomic mass is 10.1. The Morgan fingerprint density at radius 3 is 3.09 bits per heavy atom. The minimum Gasteiger partial charge on any atom is -0.314 e. The molecule has 1 aromatic rings. The molecule has 1 nitrogen and oxygen atoms in total. The van der Waals surface area contributed by atoms with Crippen LogP contribution < -0.4 is 5.32 Å². The summed E-state index contributed by atoms with van der Waals surface area (Å²) < 4.78 is 0. The molecule has 11 heavy (non-hydrogen) atoms. The highest BCUT2D eigenvalue weighted by molar-refractivity contribution is 7.10. The van der Waals surface area contributed by atoms with E-state index >= 15 is 0 Å². The summed E-state index contributed by atoms with van der Waals surface area (Å²) in [6.07, 6.45) is 1.31. The lowest BCUT2D eigenvalue weighted by Crippen LogP contribution is -2.16. The van der Waals surface area contributed by atoms with Gasteiger partial charge in [-0.05, 0) is 24.8 Å². The van der Waals surface area contributed by atoms with Crippen molar-refractivity contribution in [3.8, 4) is 0 Å². The molecule has 0 spiro atoms. The summed E-state index contributed by atoms with van der Waals surface area (Å²) in [5.41, 5.74) is 0. The maximum Gasteiger partial charge on any atom is 0.00894 e. The normalized spacial score (nSPS) is 31.0. The molecule has 0 amide bonds. The van der Waals surface area contributed by atoms with Crippen molar-refractivity contribution in [3.05, 3.63) is 22.4 Å². The maximum atomic E-state index is 3.46. The van der Waals surface area contributed by atoms with Crippen LogP contribution in [0.4, 0.5) is 0 Å². The smallest absolute Gasteiger partial charge is 0.00894 e. The molecule has 1 aliphatic rings. The van der Waals surface area contributed by atoms with Gasteiger partial charge < -0.3 is 5.32 Å². The number of nitrogens with one attached hydrogen (secondary N) is 1. The van der Waals surface area contributed by atoms with E-state index in [4.69, 9.17) is 0 Å². The minimum absolute atomic E-state index is 0.710. The largest absolute Gasteiger partial charge is 0.314 e. The van der Waals surface area contributed by atoms with Gasteiger partial charge in [-0.2, -0.15) is 0 Å². The van der Waals surface area contributed by atoms with Gasteiger partial charge in [-0.25, -0.2) is 0 Å². The van der Waals surface area contributed by atoms with Gasteiger partial charge in [0, 0.05) is 23.4 Å². The lowest BCUT2D eigenvalue weighted by molar-refractivity contribution is 0.659. The van der Waals surface area contributed by atoms with Gasteiger partial charge in [0.1, 0.15) is 0 Å². The van der Waals surface area contributed by atoms with Gasteiger partial charge in [0.15, 0.2) is 0 Å². The Labute approximate surface area is 71.4 Å². The second-order valence-electron chi connectivity index (χ2n) is 3.26. The second kappa shape index (κ2) is 2.95. The third-order valence-electron chi connectivity index (χ3n) is 2.30. The average Bonchev–Trinajstić information content (AvgIpc) is 2.55. The summed E-state index contributed by atoms with van der Waals surface area (Å²) in [4.78, 5) is 1.54. The molecule has 2 rings (SSSR count). The van der Waals surface area contributed by atoms with Crippen molar-refractivity contribution in [3.63, 3.8) is 0 Å². The van der Waals surface area contributed by atoms with E-state index in [1.54, 1.807) is 4.88 Å². The summed E-state index contributed by atoms with van der Waals surface area (Å²) in [5.74, 6) is 0.782. The van der Waals surface area contributed by atoms with Crippen LogP contribution in [0, 0.1) is 0 Å². The molecular formula is C9H13NS. The van der Waals surface area contributed by atoms with Gasteiger partial charge >= 0.3 is 0 Å². The topological polar surface area (TPSA) is 12.0 Å². The highest BCUT2D eigenvalue weighted by Gasteiger charge is 2.22. The molecule has 2 atom stereocenters. The summed E-state index contributed by atoms with van der Waals surface area (Å²) in [7, 11) is 0. The monoisotopic (exact) mass is 167 g/mol. The fraction of sp³-hybridized carbons (Fsp3) is 0.556. The highest BCUT2D eigenvalue weighted by Crippen LogP contribution is 2.28. The Kier molecular flexibility index (Phi) is 1.96. The van der Waals surface area contributed by atoms with Crippen LogP contribution in [0.15, 0.2) is 17.5 Å². The molecular weight excluding hydrogens is 154 g/mol. The first kappa shape index (κ1) is 7.32. The van der Waals surface area contributed by atoms with E-state index in [2.05, 4.69) is 29.8 Å². The molecule has 2 heterocycles. The van der Waals surface area contributed by atoms with Gasteiger partial charge in [0.05, 0.1) is 0 Å². The first-order chi connectivity index (χ1) is 5.36. The lowest BCUT2D eigenvalue weighted by Gasteiger charge is -2.03. The van der Waals surface area contributed by atoms with Crippen molar-refractivity contribution in [2.75, 3.05) is 6.54 Å². The van der Waals surface area contributed by atoms with Crippen LogP contribution in [0.1, 0.15) is 24.1 Å².